The van der Waals surface area contributed by atoms with E-state index < -0.39 is 0 Å². The molecule has 0 fully saturated rings. The molecule has 0 radical (unpaired) electrons. The second-order valence-electron chi connectivity index (χ2n) is 12.0. The van der Waals surface area contributed by atoms with E-state index in [1.165, 1.54) is 0 Å². The molecule has 0 aliphatic carbocycles. The van der Waals surface area contributed by atoms with Gasteiger partial charge in [-0.25, -0.2) is 9.97 Å². The molecule has 9 rings (SSSR count). The minimum Gasteiger partial charge on any atom is -0.306 e. The summed E-state index contributed by atoms with van der Waals surface area (Å²) < 4.78 is 4.11. The Bertz CT molecular complexity index is 2860. The van der Waals surface area contributed by atoms with Crippen LogP contribution in [0.5, 0.6) is 0 Å². The van der Waals surface area contributed by atoms with Gasteiger partial charge in [-0.2, -0.15) is 15.8 Å². The summed E-state index contributed by atoms with van der Waals surface area (Å²) in [7, 11) is 0. The number of aromatic nitrogens is 4. The molecule has 3 heterocycles. The van der Waals surface area contributed by atoms with Crippen molar-refractivity contribution in [3.05, 3.63) is 156 Å². The number of hydrogen-bond donors (Lipinski definition) is 0. The first-order valence-corrected chi connectivity index (χ1v) is 16.0. The zero-order valence-corrected chi connectivity index (χ0v) is 26.4. The third-order valence-corrected chi connectivity index (χ3v) is 9.23. The molecule has 7 nitrogen and oxygen atoms in total. The molecule has 0 spiro atoms. The Balaban J connectivity index is 1.45. The van der Waals surface area contributed by atoms with Gasteiger partial charge in [0.25, 0.3) is 0 Å². The van der Waals surface area contributed by atoms with Gasteiger partial charge in [0, 0.05) is 32.7 Å². The third-order valence-electron chi connectivity index (χ3n) is 9.23. The van der Waals surface area contributed by atoms with E-state index in [0.717, 1.165) is 66.1 Å². The van der Waals surface area contributed by atoms with Gasteiger partial charge in [0.2, 0.25) is 5.95 Å². The predicted octanol–water partition coefficient (Wildman–Crippen LogP) is 9.62. The maximum Gasteiger partial charge on any atom is 0.235 e. The standard InChI is InChI=1S/C43H23N7/c44-24-27-21-30(25-45)41(31(22-27)26-46)50-37-17-9-7-15-32(37)33-19-20-39-40(42(33)50)34-16-8-10-18-38(34)49(39)43-47-35(28-11-3-1-4-12-28)23-36(48-43)29-13-5-2-6-14-29/h1-23H. The number of benzene rings is 6. The van der Waals surface area contributed by atoms with E-state index in [-0.39, 0.29) is 16.7 Å². The van der Waals surface area contributed by atoms with Crippen LogP contribution in [-0.2, 0) is 0 Å². The highest BCUT2D eigenvalue weighted by Crippen LogP contribution is 2.43. The van der Waals surface area contributed by atoms with Gasteiger partial charge in [-0.05, 0) is 36.4 Å². The van der Waals surface area contributed by atoms with E-state index >= 15 is 0 Å². The van der Waals surface area contributed by atoms with Crippen LogP contribution in [0.4, 0.5) is 0 Å². The number of fused-ring (bicyclic) bond motifs is 7. The van der Waals surface area contributed by atoms with Gasteiger partial charge in [0.15, 0.2) is 0 Å². The van der Waals surface area contributed by atoms with Crippen molar-refractivity contribution in [2.24, 2.45) is 0 Å². The molecule has 0 amide bonds. The van der Waals surface area contributed by atoms with E-state index in [9.17, 15) is 15.8 Å². The van der Waals surface area contributed by atoms with Crippen molar-refractivity contribution >= 4 is 43.6 Å². The van der Waals surface area contributed by atoms with E-state index in [0.29, 0.717) is 11.6 Å². The third kappa shape index (κ3) is 4.27. The Kier molecular flexibility index (Phi) is 6.49. The van der Waals surface area contributed by atoms with E-state index in [2.05, 4.69) is 53.1 Å². The summed E-state index contributed by atoms with van der Waals surface area (Å²) in [5, 5.41) is 34.3. The Hall–Kier alpha value is -7.53. The number of para-hydroxylation sites is 2. The smallest absolute Gasteiger partial charge is 0.235 e. The summed E-state index contributed by atoms with van der Waals surface area (Å²) in [5.41, 5.74) is 8.22. The van der Waals surface area contributed by atoms with Gasteiger partial charge in [0.05, 0.1) is 61.9 Å². The highest BCUT2D eigenvalue weighted by Gasteiger charge is 2.25. The van der Waals surface area contributed by atoms with Crippen LogP contribution in [-0.4, -0.2) is 19.1 Å². The van der Waals surface area contributed by atoms with E-state index in [4.69, 9.17) is 9.97 Å². The minimum atomic E-state index is 0.246. The van der Waals surface area contributed by atoms with Crippen LogP contribution in [0.3, 0.4) is 0 Å². The summed E-state index contributed by atoms with van der Waals surface area (Å²) >= 11 is 0. The van der Waals surface area contributed by atoms with Gasteiger partial charge in [-0.3, -0.25) is 4.57 Å². The number of nitriles is 3. The van der Waals surface area contributed by atoms with Crippen molar-refractivity contribution in [3.8, 4) is 52.4 Å². The molecule has 0 saturated carbocycles. The molecule has 0 unspecified atom stereocenters. The normalized spacial score (nSPS) is 11.1. The Morgan fingerprint density at radius 2 is 1.00 bits per heavy atom. The van der Waals surface area contributed by atoms with Gasteiger partial charge in [0.1, 0.15) is 12.1 Å². The van der Waals surface area contributed by atoms with E-state index in [1.807, 2.05) is 102 Å². The fourth-order valence-electron chi connectivity index (χ4n) is 7.11. The average molecular weight is 638 g/mol. The number of hydrogen-bond acceptors (Lipinski definition) is 5. The lowest BCUT2D eigenvalue weighted by Gasteiger charge is -2.13. The van der Waals surface area contributed by atoms with Crippen LogP contribution in [0.15, 0.2) is 140 Å². The summed E-state index contributed by atoms with van der Waals surface area (Å²) in [5.74, 6) is 0.521. The molecule has 7 heteroatoms. The van der Waals surface area contributed by atoms with Gasteiger partial charge in [-0.15, -0.1) is 0 Å². The second-order valence-corrected chi connectivity index (χ2v) is 12.0. The average Bonchev–Trinajstić information content (AvgIpc) is 3.70. The fraction of sp³-hybridized carbons (Fsp3) is 0. The summed E-state index contributed by atoms with van der Waals surface area (Å²) in [6, 6.07) is 52.3. The zero-order chi connectivity index (χ0) is 33.8. The number of rotatable bonds is 4. The van der Waals surface area contributed by atoms with Crippen LogP contribution in [0, 0.1) is 34.0 Å². The lowest BCUT2D eigenvalue weighted by Crippen LogP contribution is -2.04. The van der Waals surface area contributed by atoms with E-state index in [1.54, 1.807) is 12.1 Å². The quantitative estimate of drug-likeness (QED) is 0.191. The molecule has 0 saturated heterocycles. The summed E-state index contributed by atoms with van der Waals surface area (Å²) in [6.45, 7) is 0. The van der Waals surface area contributed by atoms with Crippen LogP contribution in [0.1, 0.15) is 16.7 Å². The lowest BCUT2D eigenvalue weighted by atomic mass is 10.0. The molecule has 0 bridgehead atoms. The molecular formula is C43H23N7. The summed E-state index contributed by atoms with van der Waals surface area (Å²) in [6.07, 6.45) is 0. The van der Waals surface area contributed by atoms with Crippen LogP contribution < -0.4 is 0 Å². The van der Waals surface area contributed by atoms with Gasteiger partial charge in [-0.1, -0.05) is 103 Å². The molecule has 9 aromatic rings. The molecule has 50 heavy (non-hydrogen) atoms. The van der Waals surface area contributed by atoms with Crippen molar-refractivity contribution in [1.82, 2.24) is 19.1 Å². The van der Waals surface area contributed by atoms with Crippen molar-refractivity contribution in [2.45, 2.75) is 0 Å². The zero-order valence-electron chi connectivity index (χ0n) is 26.4. The maximum absolute atomic E-state index is 10.4. The molecule has 6 aromatic carbocycles. The first-order chi connectivity index (χ1) is 24.7. The molecule has 3 aromatic heterocycles. The largest absolute Gasteiger partial charge is 0.306 e. The van der Waals surface area contributed by atoms with Crippen molar-refractivity contribution in [1.29, 1.82) is 15.8 Å². The van der Waals surface area contributed by atoms with Crippen molar-refractivity contribution in [3.63, 3.8) is 0 Å². The Labute approximate surface area is 286 Å². The molecule has 0 N–H and O–H groups in total. The topological polar surface area (TPSA) is 107 Å². The minimum absolute atomic E-state index is 0.246. The van der Waals surface area contributed by atoms with Crippen LogP contribution in [0.2, 0.25) is 0 Å². The summed E-state index contributed by atoms with van der Waals surface area (Å²) in [4.78, 5) is 10.4. The maximum atomic E-state index is 10.4. The SMILES string of the molecule is N#Cc1cc(C#N)c(-n2c3ccccc3c3ccc4c(c5ccccc5n4-c4nc(-c5ccccc5)cc(-c5ccccc5)n4)c32)c(C#N)c1. The first kappa shape index (κ1) is 28.7. The molecule has 0 aliphatic heterocycles. The second kappa shape index (κ2) is 11.3. The highest BCUT2D eigenvalue weighted by molar-refractivity contribution is 6.26. The van der Waals surface area contributed by atoms with Crippen molar-refractivity contribution < 1.29 is 0 Å². The fourth-order valence-corrected chi connectivity index (χ4v) is 7.11. The van der Waals surface area contributed by atoms with Gasteiger partial charge >= 0.3 is 0 Å². The lowest BCUT2D eigenvalue weighted by molar-refractivity contribution is 0.996. The highest BCUT2D eigenvalue weighted by atomic mass is 15.2. The first-order valence-electron chi connectivity index (χ1n) is 16.0. The monoisotopic (exact) mass is 637 g/mol. The Morgan fingerprint density at radius 1 is 0.460 bits per heavy atom. The molecular weight excluding hydrogens is 615 g/mol. The Morgan fingerprint density at radius 3 is 1.58 bits per heavy atom. The molecule has 230 valence electrons. The van der Waals surface area contributed by atoms with Crippen LogP contribution >= 0.6 is 0 Å². The van der Waals surface area contributed by atoms with Crippen LogP contribution in [0.25, 0.3) is 77.8 Å². The molecule has 0 atom stereocenters. The number of nitrogens with zero attached hydrogens (tertiary/aromatic N) is 7. The van der Waals surface area contributed by atoms with Crippen molar-refractivity contribution in [2.75, 3.05) is 0 Å². The molecule has 0 aliphatic rings. The predicted molar refractivity (Wildman–Crippen MR) is 196 cm³/mol. The van der Waals surface area contributed by atoms with Gasteiger partial charge < -0.3 is 4.57 Å².